The molecule has 1 aromatic carbocycles. The van der Waals surface area contributed by atoms with Gasteiger partial charge < -0.3 is 9.47 Å². The number of hydrogen-bond acceptors (Lipinski definition) is 6. The highest BCUT2D eigenvalue weighted by Gasteiger charge is 2.27. The van der Waals surface area contributed by atoms with E-state index in [0.29, 0.717) is 25.8 Å². The Morgan fingerprint density at radius 1 is 1.15 bits per heavy atom. The van der Waals surface area contributed by atoms with Gasteiger partial charge in [-0.3, -0.25) is 14.1 Å². The normalized spacial score (nSPS) is 20.1. The molecule has 1 fully saturated rings. The fourth-order valence-corrected chi connectivity index (χ4v) is 4.70. The molecule has 0 unspecified atom stereocenters. The summed E-state index contributed by atoms with van der Waals surface area (Å²) < 4.78 is 13.2. The number of rotatable bonds is 3. The summed E-state index contributed by atoms with van der Waals surface area (Å²) in [6.07, 6.45) is 4.92. The molecule has 0 bridgehead atoms. The van der Waals surface area contributed by atoms with Gasteiger partial charge in [0.05, 0.1) is 18.9 Å². The molecule has 2 aliphatic rings. The number of nitrogens with zero attached hydrogens (tertiary/aromatic N) is 3. The minimum absolute atomic E-state index is 0.0115. The van der Waals surface area contributed by atoms with Gasteiger partial charge in [0.1, 0.15) is 0 Å². The van der Waals surface area contributed by atoms with Crippen molar-refractivity contribution in [3.63, 3.8) is 0 Å². The summed E-state index contributed by atoms with van der Waals surface area (Å²) in [5, 5.41) is 1.89. The van der Waals surface area contributed by atoms with Crippen LogP contribution < -0.4 is 15.0 Å². The molecule has 0 radical (unpaired) electrons. The van der Waals surface area contributed by atoms with Crippen molar-refractivity contribution in [3.05, 3.63) is 57.5 Å². The summed E-state index contributed by atoms with van der Waals surface area (Å²) in [6.45, 7) is 3.08. The van der Waals surface area contributed by atoms with E-state index in [1.165, 1.54) is 16.9 Å². The largest absolute Gasteiger partial charge is 0.490 e. The fourth-order valence-electron chi connectivity index (χ4n) is 3.96. The summed E-state index contributed by atoms with van der Waals surface area (Å²) in [5.74, 6) is 1.67. The number of fused-ring (bicyclic) bond motifs is 2. The van der Waals surface area contributed by atoms with Crippen molar-refractivity contribution in [1.29, 1.82) is 0 Å². The number of thiazole rings is 1. The molecule has 3 aromatic rings. The van der Waals surface area contributed by atoms with E-state index in [-0.39, 0.29) is 5.56 Å². The van der Waals surface area contributed by atoms with E-state index in [9.17, 15) is 4.79 Å². The molecule has 5 rings (SSSR count). The molecule has 1 atom stereocenters. The highest BCUT2D eigenvalue weighted by molar-refractivity contribution is 7.15. The predicted molar refractivity (Wildman–Crippen MR) is 104 cm³/mol. The summed E-state index contributed by atoms with van der Waals surface area (Å²) in [5.41, 5.74) is 2.07. The summed E-state index contributed by atoms with van der Waals surface area (Å²) in [6, 6.07) is 8.25. The first kappa shape index (κ1) is 16.8. The number of ether oxygens (including phenoxy) is 2. The number of aromatic nitrogens is 2. The number of benzene rings is 1. The van der Waals surface area contributed by atoms with E-state index in [2.05, 4.69) is 22.0 Å². The van der Waals surface area contributed by atoms with Gasteiger partial charge in [0.25, 0.3) is 5.56 Å². The van der Waals surface area contributed by atoms with Crippen LogP contribution in [0.5, 0.6) is 11.5 Å². The van der Waals surface area contributed by atoms with E-state index in [4.69, 9.17) is 9.47 Å². The van der Waals surface area contributed by atoms with Crippen LogP contribution in [-0.4, -0.2) is 34.0 Å². The Morgan fingerprint density at radius 3 is 2.96 bits per heavy atom. The van der Waals surface area contributed by atoms with Crippen molar-refractivity contribution in [2.24, 2.45) is 0 Å². The van der Waals surface area contributed by atoms with Crippen LogP contribution in [0.25, 0.3) is 4.96 Å². The van der Waals surface area contributed by atoms with Crippen molar-refractivity contribution >= 4 is 16.3 Å². The maximum Gasteiger partial charge on any atom is 0.258 e. The van der Waals surface area contributed by atoms with Gasteiger partial charge in [0.2, 0.25) is 0 Å². The SMILES string of the molecule is O=c1cc(CN2CCC[C@@H]2c2ccc3c(c2)OCCCO3)nc2sccn12. The molecule has 0 saturated carbocycles. The van der Waals surface area contributed by atoms with Gasteiger partial charge in [-0.15, -0.1) is 11.3 Å². The molecule has 6 nitrogen and oxygen atoms in total. The Bertz CT molecular complexity index is 1030. The summed E-state index contributed by atoms with van der Waals surface area (Å²) in [4.78, 5) is 20.1. The van der Waals surface area contributed by atoms with E-state index in [1.54, 1.807) is 16.7 Å². The lowest BCUT2D eigenvalue weighted by Gasteiger charge is -2.25. The van der Waals surface area contributed by atoms with E-state index in [1.807, 2.05) is 11.4 Å². The third-order valence-corrected chi connectivity index (χ3v) is 6.00. The monoisotopic (exact) mass is 383 g/mol. The first-order valence-corrected chi connectivity index (χ1v) is 10.3. The molecule has 7 heteroatoms. The van der Waals surface area contributed by atoms with E-state index in [0.717, 1.165) is 48.0 Å². The Labute approximate surface area is 161 Å². The first-order chi connectivity index (χ1) is 13.3. The zero-order chi connectivity index (χ0) is 18.2. The van der Waals surface area contributed by atoms with Crippen LogP contribution in [0, 0.1) is 0 Å². The van der Waals surface area contributed by atoms with Crippen molar-refractivity contribution < 1.29 is 9.47 Å². The molecule has 0 aliphatic carbocycles. The number of hydrogen-bond donors (Lipinski definition) is 0. The van der Waals surface area contributed by atoms with Gasteiger partial charge in [-0.2, -0.15) is 0 Å². The standard InChI is InChI=1S/C20H21N3O3S/c24-19-12-15(21-20-23(19)7-10-27-20)13-22-6-1-3-16(22)14-4-5-17-18(11-14)26-9-2-8-25-17/h4-5,7,10-12,16H,1-3,6,8-9,13H2/t16-/m1/s1. The van der Waals surface area contributed by atoms with Crippen molar-refractivity contribution in [2.75, 3.05) is 19.8 Å². The minimum atomic E-state index is -0.0115. The summed E-state index contributed by atoms with van der Waals surface area (Å²) >= 11 is 1.49. The molecule has 4 heterocycles. The lowest BCUT2D eigenvalue weighted by molar-refractivity contribution is 0.244. The third-order valence-electron chi connectivity index (χ3n) is 5.24. The van der Waals surface area contributed by atoms with Crippen LogP contribution in [0.2, 0.25) is 0 Å². The molecule has 0 amide bonds. The Morgan fingerprint density at radius 2 is 2.04 bits per heavy atom. The van der Waals surface area contributed by atoms with Crippen LogP contribution in [-0.2, 0) is 6.54 Å². The molecule has 140 valence electrons. The highest BCUT2D eigenvalue weighted by Crippen LogP contribution is 2.38. The average Bonchev–Trinajstić information content (AvgIpc) is 3.26. The van der Waals surface area contributed by atoms with Crippen LogP contribution in [0.3, 0.4) is 0 Å². The highest BCUT2D eigenvalue weighted by atomic mass is 32.1. The van der Waals surface area contributed by atoms with Crippen molar-refractivity contribution in [3.8, 4) is 11.5 Å². The quantitative estimate of drug-likeness (QED) is 0.695. The molecule has 27 heavy (non-hydrogen) atoms. The number of likely N-dealkylation sites (tertiary alicyclic amines) is 1. The maximum atomic E-state index is 12.3. The van der Waals surface area contributed by atoms with Crippen LogP contribution in [0.4, 0.5) is 0 Å². The second-order valence-electron chi connectivity index (χ2n) is 7.03. The van der Waals surface area contributed by atoms with Gasteiger partial charge in [0, 0.05) is 36.7 Å². The zero-order valence-electron chi connectivity index (χ0n) is 15.0. The summed E-state index contributed by atoms with van der Waals surface area (Å²) in [7, 11) is 0. The maximum absolute atomic E-state index is 12.3. The smallest absolute Gasteiger partial charge is 0.258 e. The van der Waals surface area contributed by atoms with Crippen LogP contribution >= 0.6 is 11.3 Å². The van der Waals surface area contributed by atoms with E-state index >= 15 is 0 Å². The zero-order valence-corrected chi connectivity index (χ0v) is 15.8. The van der Waals surface area contributed by atoms with Crippen LogP contribution in [0.1, 0.15) is 36.6 Å². The Hall–Kier alpha value is -2.38. The van der Waals surface area contributed by atoms with Gasteiger partial charge in [-0.1, -0.05) is 6.07 Å². The van der Waals surface area contributed by atoms with Crippen molar-refractivity contribution in [2.45, 2.75) is 31.8 Å². The lowest BCUT2D eigenvalue weighted by atomic mass is 10.0. The van der Waals surface area contributed by atoms with Gasteiger partial charge >= 0.3 is 0 Å². The predicted octanol–water partition coefficient (Wildman–Crippen LogP) is 3.25. The minimum Gasteiger partial charge on any atom is -0.490 e. The molecule has 2 aliphatic heterocycles. The average molecular weight is 383 g/mol. The van der Waals surface area contributed by atoms with Gasteiger partial charge in [-0.25, -0.2) is 4.98 Å². The second-order valence-corrected chi connectivity index (χ2v) is 7.90. The third kappa shape index (κ3) is 3.21. The molecular formula is C20H21N3O3S. The van der Waals surface area contributed by atoms with Gasteiger partial charge in [0.15, 0.2) is 16.5 Å². The molecule has 0 spiro atoms. The Kier molecular flexibility index (Phi) is 4.33. The van der Waals surface area contributed by atoms with Gasteiger partial charge in [-0.05, 0) is 37.1 Å². The molecule has 0 N–H and O–H groups in total. The molecule has 2 aromatic heterocycles. The Balaban J connectivity index is 1.41. The fraction of sp³-hybridized carbons (Fsp3) is 0.400. The molecular weight excluding hydrogens is 362 g/mol. The second kappa shape index (κ2) is 6.98. The van der Waals surface area contributed by atoms with E-state index < -0.39 is 0 Å². The first-order valence-electron chi connectivity index (χ1n) is 9.37. The van der Waals surface area contributed by atoms with Crippen LogP contribution in [0.15, 0.2) is 40.6 Å². The topological polar surface area (TPSA) is 56.1 Å². The lowest BCUT2D eigenvalue weighted by Crippen LogP contribution is -2.25. The van der Waals surface area contributed by atoms with Crippen molar-refractivity contribution in [1.82, 2.24) is 14.3 Å². The molecule has 1 saturated heterocycles.